The zero-order valence-electron chi connectivity index (χ0n) is 22.1. The Bertz CT molecular complexity index is 1340. The van der Waals surface area contributed by atoms with Crippen LogP contribution in [0.1, 0.15) is 12.5 Å². The molecule has 11 heteroatoms. The number of rotatable bonds is 13. The predicted octanol–water partition coefficient (Wildman–Crippen LogP) is 3.77. The van der Waals surface area contributed by atoms with E-state index in [0.717, 1.165) is 0 Å². The Kier molecular flexibility index (Phi) is 11.1. The summed E-state index contributed by atoms with van der Waals surface area (Å²) in [4.78, 5) is 36.5. The molecule has 0 heterocycles. The predicted molar refractivity (Wildman–Crippen MR) is 151 cm³/mol. The van der Waals surface area contributed by atoms with E-state index in [-0.39, 0.29) is 12.5 Å². The molecule has 0 aliphatic heterocycles. The summed E-state index contributed by atoms with van der Waals surface area (Å²) in [7, 11) is 1.45. The van der Waals surface area contributed by atoms with Crippen molar-refractivity contribution >= 4 is 35.3 Å². The SMILES string of the molecule is C=CCOc1ccc(NC(=O)C(=O)N/N=C\c2ccc(OCC(=O)Nc3ccc(OCC)cc3)c(OC)c2)cc1. The Morgan fingerprint density at radius 2 is 1.48 bits per heavy atom. The lowest BCUT2D eigenvalue weighted by Gasteiger charge is -2.12. The fourth-order valence-electron chi connectivity index (χ4n) is 3.22. The van der Waals surface area contributed by atoms with Gasteiger partial charge in [-0.3, -0.25) is 14.4 Å². The first-order valence-corrected chi connectivity index (χ1v) is 12.2. The molecule has 3 amide bonds. The molecule has 40 heavy (non-hydrogen) atoms. The summed E-state index contributed by atoms with van der Waals surface area (Å²) in [5.41, 5.74) is 3.75. The molecule has 0 bridgehead atoms. The molecule has 0 saturated heterocycles. The number of nitrogens with zero attached hydrogens (tertiary/aromatic N) is 1. The lowest BCUT2D eigenvalue weighted by atomic mass is 10.2. The molecule has 3 rings (SSSR count). The van der Waals surface area contributed by atoms with E-state index in [1.807, 2.05) is 6.92 Å². The Labute approximate surface area is 231 Å². The van der Waals surface area contributed by atoms with Crippen molar-refractivity contribution in [1.82, 2.24) is 5.43 Å². The van der Waals surface area contributed by atoms with Crippen LogP contribution in [0.3, 0.4) is 0 Å². The second kappa shape index (κ2) is 15.2. The first kappa shape index (κ1) is 29.2. The van der Waals surface area contributed by atoms with Crippen molar-refractivity contribution in [2.24, 2.45) is 5.10 Å². The first-order valence-electron chi connectivity index (χ1n) is 12.2. The molecule has 0 atom stereocenters. The minimum atomic E-state index is -0.950. The summed E-state index contributed by atoms with van der Waals surface area (Å²) in [6.07, 6.45) is 2.95. The van der Waals surface area contributed by atoms with E-state index in [2.05, 4.69) is 27.7 Å². The van der Waals surface area contributed by atoms with Crippen molar-refractivity contribution in [3.8, 4) is 23.0 Å². The fraction of sp³-hybridized carbons (Fsp3) is 0.172. The van der Waals surface area contributed by atoms with Crippen LogP contribution in [0.15, 0.2) is 84.5 Å². The Hall–Kier alpha value is -5.32. The molecular formula is C29H30N4O7. The van der Waals surface area contributed by atoms with Gasteiger partial charge in [0.2, 0.25) is 0 Å². The zero-order valence-corrected chi connectivity index (χ0v) is 22.1. The number of carbonyl (C=O) groups excluding carboxylic acids is 3. The minimum absolute atomic E-state index is 0.243. The van der Waals surface area contributed by atoms with E-state index in [0.29, 0.717) is 53.2 Å². The van der Waals surface area contributed by atoms with Gasteiger partial charge in [-0.15, -0.1) is 0 Å². The Morgan fingerprint density at radius 1 is 0.825 bits per heavy atom. The smallest absolute Gasteiger partial charge is 0.329 e. The molecule has 3 aromatic rings. The van der Waals surface area contributed by atoms with Gasteiger partial charge >= 0.3 is 11.8 Å². The highest BCUT2D eigenvalue weighted by molar-refractivity contribution is 6.39. The lowest BCUT2D eigenvalue weighted by Crippen LogP contribution is -2.32. The van der Waals surface area contributed by atoms with Crippen LogP contribution >= 0.6 is 0 Å². The molecule has 0 aliphatic rings. The average Bonchev–Trinajstić information content (AvgIpc) is 2.97. The third-order valence-electron chi connectivity index (χ3n) is 5.06. The molecule has 11 nitrogen and oxygen atoms in total. The van der Waals surface area contributed by atoms with Crippen LogP contribution in [0.2, 0.25) is 0 Å². The van der Waals surface area contributed by atoms with E-state index in [4.69, 9.17) is 18.9 Å². The fourth-order valence-corrected chi connectivity index (χ4v) is 3.22. The van der Waals surface area contributed by atoms with Crippen LogP contribution in [0.5, 0.6) is 23.0 Å². The largest absolute Gasteiger partial charge is 0.494 e. The molecule has 3 N–H and O–H groups in total. The number of ether oxygens (including phenoxy) is 4. The summed E-state index contributed by atoms with van der Waals surface area (Å²) < 4.78 is 21.7. The number of hydrogen-bond donors (Lipinski definition) is 3. The van der Waals surface area contributed by atoms with E-state index in [1.165, 1.54) is 13.3 Å². The van der Waals surface area contributed by atoms with Crippen LogP contribution in [0.4, 0.5) is 11.4 Å². The van der Waals surface area contributed by atoms with Gasteiger partial charge in [0.15, 0.2) is 18.1 Å². The monoisotopic (exact) mass is 546 g/mol. The molecule has 0 aromatic heterocycles. The van der Waals surface area contributed by atoms with Crippen LogP contribution in [-0.2, 0) is 14.4 Å². The van der Waals surface area contributed by atoms with Crippen molar-refractivity contribution < 1.29 is 33.3 Å². The number of hydrazone groups is 1. The summed E-state index contributed by atoms with van der Waals surface area (Å²) in [6.45, 7) is 6.14. The highest BCUT2D eigenvalue weighted by atomic mass is 16.5. The first-order chi connectivity index (χ1) is 19.4. The summed E-state index contributed by atoms with van der Waals surface area (Å²) in [5.74, 6) is -0.186. The third kappa shape index (κ3) is 9.21. The summed E-state index contributed by atoms with van der Waals surface area (Å²) in [6, 6.07) is 18.4. The lowest BCUT2D eigenvalue weighted by molar-refractivity contribution is -0.136. The van der Waals surface area contributed by atoms with E-state index >= 15 is 0 Å². The molecule has 0 spiro atoms. The highest BCUT2D eigenvalue weighted by Gasteiger charge is 2.13. The van der Waals surface area contributed by atoms with Gasteiger partial charge in [-0.2, -0.15) is 5.10 Å². The Morgan fingerprint density at radius 3 is 2.10 bits per heavy atom. The minimum Gasteiger partial charge on any atom is -0.494 e. The van der Waals surface area contributed by atoms with Gasteiger partial charge in [-0.25, -0.2) is 5.43 Å². The zero-order chi connectivity index (χ0) is 28.7. The van der Waals surface area contributed by atoms with Crippen molar-refractivity contribution in [2.45, 2.75) is 6.92 Å². The number of carbonyl (C=O) groups is 3. The van der Waals surface area contributed by atoms with Gasteiger partial charge < -0.3 is 29.6 Å². The molecular weight excluding hydrogens is 516 g/mol. The maximum Gasteiger partial charge on any atom is 0.329 e. The molecule has 0 fully saturated rings. The second-order valence-corrected chi connectivity index (χ2v) is 7.98. The normalized spacial score (nSPS) is 10.3. The molecule has 0 saturated carbocycles. The average molecular weight is 547 g/mol. The summed E-state index contributed by atoms with van der Waals surface area (Å²) >= 11 is 0. The quantitative estimate of drug-likeness (QED) is 0.129. The molecule has 0 radical (unpaired) electrons. The van der Waals surface area contributed by atoms with E-state index in [9.17, 15) is 14.4 Å². The van der Waals surface area contributed by atoms with Gasteiger partial charge in [-0.05, 0) is 79.2 Å². The van der Waals surface area contributed by atoms with Crippen molar-refractivity contribution in [2.75, 3.05) is 37.6 Å². The van der Waals surface area contributed by atoms with Crippen LogP contribution < -0.4 is 35.0 Å². The number of nitrogens with one attached hydrogen (secondary N) is 3. The number of hydrogen-bond acceptors (Lipinski definition) is 8. The Balaban J connectivity index is 1.48. The number of benzene rings is 3. The molecule has 0 unspecified atom stereocenters. The molecule has 208 valence electrons. The molecule has 0 aliphatic carbocycles. The van der Waals surface area contributed by atoms with E-state index < -0.39 is 11.8 Å². The number of methoxy groups -OCH3 is 1. The second-order valence-electron chi connectivity index (χ2n) is 7.98. The van der Waals surface area contributed by atoms with Gasteiger partial charge in [0.05, 0.1) is 19.9 Å². The van der Waals surface area contributed by atoms with Gasteiger partial charge in [0, 0.05) is 11.4 Å². The van der Waals surface area contributed by atoms with Gasteiger partial charge in [-0.1, -0.05) is 12.7 Å². The van der Waals surface area contributed by atoms with Crippen molar-refractivity contribution in [3.63, 3.8) is 0 Å². The van der Waals surface area contributed by atoms with Crippen LogP contribution in [0.25, 0.3) is 0 Å². The van der Waals surface area contributed by atoms with Crippen LogP contribution in [0, 0.1) is 0 Å². The van der Waals surface area contributed by atoms with Crippen LogP contribution in [-0.4, -0.2) is 50.9 Å². The maximum atomic E-state index is 12.3. The highest BCUT2D eigenvalue weighted by Crippen LogP contribution is 2.27. The maximum absolute atomic E-state index is 12.3. The van der Waals surface area contributed by atoms with Gasteiger partial charge in [0.25, 0.3) is 5.91 Å². The standard InChI is InChI=1S/C29H30N4O7/c1-4-16-39-24-13-9-22(10-14-24)32-28(35)29(36)33-30-18-20-6-15-25(26(17-20)37-3)40-19-27(34)31-21-7-11-23(12-8-21)38-5-2/h4,6-15,17-18H,1,5,16,19H2,2-3H3,(H,31,34)(H,32,35)(H,33,36)/b30-18-. The third-order valence-corrected chi connectivity index (χ3v) is 5.06. The molecule has 3 aromatic carbocycles. The van der Waals surface area contributed by atoms with Crippen molar-refractivity contribution in [1.29, 1.82) is 0 Å². The van der Waals surface area contributed by atoms with Gasteiger partial charge in [0.1, 0.15) is 18.1 Å². The van der Waals surface area contributed by atoms with Crippen molar-refractivity contribution in [3.05, 3.63) is 84.9 Å². The topological polar surface area (TPSA) is 137 Å². The summed E-state index contributed by atoms with van der Waals surface area (Å²) in [5, 5.41) is 9.02. The number of amides is 3. The van der Waals surface area contributed by atoms with E-state index in [1.54, 1.807) is 72.8 Å². The number of anilines is 2.